The number of carbonyl (C=O) groups excluding carboxylic acids is 2. The SMILES string of the molecule is CC(C)(O)CCOc1ccccc1N(CC[OH2+])C(=O)C[C@@H](O)C(=O)Nc1ccc2c(c1)CN=C2N. The van der Waals surface area contributed by atoms with Gasteiger partial charge in [0.05, 0.1) is 37.4 Å². The number of rotatable bonds is 11. The number of aliphatic hydroxyl groups excluding tert-OH is 1. The van der Waals surface area contributed by atoms with Gasteiger partial charge in [0.15, 0.2) is 6.61 Å². The normalized spacial score (nSPS) is 13.6. The molecular formula is C25H33N4O6+. The molecule has 1 aliphatic heterocycles. The van der Waals surface area contributed by atoms with Crippen LogP contribution in [-0.4, -0.2) is 64.4 Å². The molecule has 1 aliphatic rings. The zero-order valence-corrected chi connectivity index (χ0v) is 20.0. The molecule has 0 fully saturated rings. The molecule has 0 saturated carbocycles. The van der Waals surface area contributed by atoms with E-state index >= 15 is 0 Å². The fourth-order valence-electron chi connectivity index (χ4n) is 3.61. The number of fused-ring (bicyclic) bond motifs is 1. The Morgan fingerprint density at radius 1 is 1.29 bits per heavy atom. The van der Waals surface area contributed by atoms with Gasteiger partial charge in [0.1, 0.15) is 17.7 Å². The average Bonchev–Trinajstić information content (AvgIpc) is 3.17. The lowest BCUT2D eigenvalue weighted by Crippen LogP contribution is -2.39. The van der Waals surface area contributed by atoms with Crippen LogP contribution < -0.4 is 20.7 Å². The van der Waals surface area contributed by atoms with Crippen molar-refractivity contribution in [3.05, 3.63) is 53.6 Å². The van der Waals surface area contributed by atoms with E-state index in [-0.39, 0.29) is 19.8 Å². The Morgan fingerprint density at radius 3 is 2.74 bits per heavy atom. The molecule has 0 bridgehead atoms. The van der Waals surface area contributed by atoms with Gasteiger partial charge in [-0.25, -0.2) is 0 Å². The van der Waals surface area contributed by atoms with Crippen molar-refractivity contribution in [1.82, 2.24) is 0 Å². The van der Waals surface area contributed by atoms with Crippen LogP contribution in [-0.2, 0) is 16.1 Å². The molecule has 3 rings (SSSR count). The van der Waals surface area contributed by atoms with Crippen LogP contribution in [0.15, 0.2) is 47.5 Å². The summed E-state index contributed by atoms with van der Waals surface area (Å²) in [5.41, 5.74) is 7.49. The molecule has 1 atom stereocenters. The largest absolute Gasteiger partial charge is 0.491 e. The number of hydrogen-bond acceptors (Lipinski definition) is 7. The second kappa shape index (κ2) is 11.3. The number of benzene rings is 2. The molecule has 188 valence electrons. The summed E-state index contributed by atoms with van der Waals surface area (Å²) in [6, 6.07) is 12.0. The molecule has 1 heterocycles. The summed E-state index contributed by atoms with van der Waals surface area (Å²) in [7, 11) is 0. The molecule has 35 heavy (non-hydrogen) atoms. The van der Waals surface area contributed by atoms with Crippen LogP contribution >= 0.6 is 0 Å². The molecule has 0 aliphatic carbocycles. The van der Waals surface area contributed by atoms with E-state index in [1.54, 1.807) is 56.3 Å². The summed E-state index contributed by atoms with van der Waals surface area (Å²) in [6.07, 6.45) is -1.67. The minimum absolute atomic E-state index is 0.0608. The van der Waals surface area contributed by atoms with E-state index in [2.05, 4.69) is 10.3 Å². The van der Waals surface area contributed by atoms with Crippen LogP contribution in [0.25, 0.3) is 0 Å². The Balaban J connectivity index is 1.66. The third-order valence-electron chi connectivity index (χ3n) is 5.50. The number of anilines is 2. The maximum absolute atomic E-state index is 13.1. The van der Waals surface area contributed by atoms with E-state index < -0.39 is 29.9 Å². The van der Waals surface area contributed by atoms with Crippen LogP contribution in [0.4, 0.5) is 11.4 Å². The number of aliphatic imine (C=N–C) groups is 1. The highest BCUT2D eigenvalue weighted by atomic mass is 16.5. The molecule has 10 heteroatoms. The molecular weight excluding hydrogens is 452 g/mol. The van der Waals surface area contributed by atoms with E-state index in [9.17, 15) is 19.8 Å². The van der Waals surface area contributed by atoms with Crippen LogP contribution in [0.1, 0.15) is 37.8 Å². The first kappa shape index (κ1) is 26.1. The summed E-state index contributed by atoms with van der Waals surface area (Å²) < 4.78 is 5.79. The third-order valence-corrected chi connectivity index (χ3v) is 5.50. The Labute approximate surface area is 204 Å². The molecule has 0 spiro atoms. The molecule has 0 unspecified atom stereocenters. The molecule has 10 nitrogen and oxygen atoms in total. The summed E-state index contributed by atoms with van der Waals surface area (Å²) in [5, 5.41) is 30.6. The predicted molar refractivity (Wildman–Crippen MR) is 134 cm³/mol. The summed E-state index contributed by atoms with van der Waals surface area (Å²) in [6.45, 7) is 3.99. The number of ether oxygens (including phenoxy) is 1. The Hall–Kier alpha value is -3.47. The van der Waals surface area contributed by atoms with Crippen molar-refractivity contribution in [2.75, 3.05) is 30.0 Å². The number of amidine groups is 1. The molecule has 7 N–H and O–H groups in total. The lowest BCUT2D eigenvalue weighted by Gasteiger charge is -2.25. The zero-order chi connectivity index (χ0) is 25.6. The van der Waals surface area contributed by atoms with Gasteiger partial charge in [0.2, 0.25) is 5.91 Å². The Bertz CT molecular complexity index is 1100. The summed E-state index contributed by atoms with van der Waals surface area (Å²) in [4.78, 5) is 31.1. The third kappa shape index (κ3) is 7.01. The number of hydrogen-bond donors (Lipinski definition) is 4. The number of aliphatic hydroxyl groups is 2. The minimum atomic E-state index is -1.59. The van der Waals surface area contributed by atoms with Crippen molar-refractivity contribution < 1.29 is 29.6 Å². The van der Waals surface area contributed by atoms with Gasteiger partial charge < -0.3 is 36.0 Å². The first-order valence-corrected chi connectivity index (χ1v) is 11.4. The van der Waals surface area contributed by atoms with Gasteiger partial charge in [-0.2, -0.15) is 0 Å². The number of para-hydroxylation sites is 2. The van der Waals surface area contributed by atoms with Crippen molar-refractivity contribution in [3.63, 3.8) is 0 Å². The maximum Gasteiger partial charge on any atom is 0.253 e. The molecule has 0 aromatic heterocycles. The monoisotopic (exact) mass is 485 g/mol. The molecule has 2 amide bonds. The Kier molecular flexibility index (Phi) is 8.44. The maximum atomic E-state index is 13.1. The first-order chi connectivity index (χ1) is 16.6. The van der Waals surface area contributed by atoms with Crippen LogP contribution in [0, 0.1) is 0 Å². The van der Waals surface area contributed by atoms with Crippen molar-refractivity contribution in [3.8, 4) is 5.75 Å². The lowest BCUT2D eigenvalue weighted by atomic mass is 10.1. The number of nitrogens with zero attached hydrogens (tertiary/aromatic N) is 2. The first-order valence-electron chi connectivity index (χ1n) is 11.4. The zero-order valence-electron chi connectivity index (χ0n) is 20.0. The number of carbonyl (C=O) groups is 2. The topological polar surface area (TPSA) is 160 Å². The second-order valence-electron chi connectivity index (χ2n) is 8.96. The van der Waals surface area contributed by atoms with Gasteiger partial charge in [0.25, 0.3) is 5.91 Å². The van der Waals surface area contributed by atoms with Crippen molar-refractivity contribution in [1.29, 1.82) is 0 Å². The smallest absolute Gasteiger partial charge is 0.253 e. The fraction of sp³-hybridized carbons (Fsp3) is 0.400. The van der Waals surface area contributed by atoms with Gasteiger partial charge in [-0.05, 0) is 49.7 Å². The van der Waals surface area contributed by atoms with Gasteiger partial charge in [-0.15, -0.1) is 0 Å². The van der Waals surface area contributed by atoms with E-state index in [0.29, 0.717) is 35.9 Å². The highest BCUT2D eigenvalue weighted by Crippen LogP contribution is 2.29. The molecule has 2 aromatic carbocycles. The second-order valence-corrected chi connectivity index (χ2v) is 8.96. The number of nitrogens with two attached hydrogens (primary N) is 1. The van der Waals surface area contributed by atoms with Gasteiger partial charge >= 0.3 is 0 Å². The van der Waals surface area contributed by atoms with Crippen molar-refractivity contribution in [2.45, 2.75) is 44.9 Å². The molecule has 0 saturated heterocycles. The molecule has 2 aromatic rings. The summed E-state index contributed by atoms with van der Waals surface area (Å²) >= 11 is 0. The standard InChI is InChI=1S/C25H32N4O6/c1-25(2,34)9-12-35-21-6-4-3-5-19(21)29(10-11-30)22(32)14-20(31)24(33)28-17-7-8-18-16(13-17)15-27-23(18)26/h3-8,13,20,30-31,34H,9-12,14-15H2,1-2H3,(H2,26,27)(H,28,33)/p+1/t20-/m1/s1. The van der Waals surface area contributed by atoms with E-state index in [4.69, 9.17) is 15.6 Å². The number of amides is 2. The van der Waals surface area contributed by atoms with Crippen LogP contribution in [0.3, 0.4) is 0 Å². The van der Waals surface area contributed by atoms with Gasteiger partial charge in [-0.1, -0.05) is 12.1 Å². The lowest BCUT2D eigenvalue weighted by molar-refractivity contribution is -0.129. The van der Waals surface area contributed by atoms with Crippen LogP contribution in [0.2, 0.25) is 0 Å². The van der Waals surface area contributed by atoms with E-state index in [1.165, 1.54) is 4.90 Å². The van der Waals surface area contributed by atoms with Crippen LogP contribution in [0.5, 0.6) is 5.75 Å². The molecule has 0 radical (unpaired) electrons. The quantitative estimate of drug-likeness (QED) is 0.346. The average molecular weight is 486 g/mol. The highest BCUT2D eigenvalue weighted by molar-refractivity contribution is 6.03. The predicted octanol–water partition coefficient (Wildman–Crippen LogP) is 0.893. The summed E-state index contributed by atoms with van der Waals surface area (Å²) in [5.74, 6) is -0.376. The van der Waals surface area contributed by atoms with E-state index in [1.807, 2.05) is 0 Å². The Morgan fingerprint density at radius 2 is 2.03 bits per heavy atom. The van der Waals surface area contributed by atoms with Gasteiger partial charge in [0, 0.05) is 17.7 Å². The van der Waals surface area contributed by atoms with Crippen molar-refractivity contribution >= 4 is 29.0 Å². The fourth-order valence-corrected chi connectivity index (χ4v) is 3.61. The van der Waals surface area contributed by atoms with Crippen molar-refractivity contribution in [2.24, 2.45) is 10.7 Å². The van der Waals surface area contributed by atoms with E-state index in [0.717, 1.165) is 11.1 Å². The van der Waals surface area contributed by atoms with Gasteiger partial charge in [-0.3, -0.25) is 14.6 Å². The minimum Gasteiger partial charge on any atom is -0.491 e. The highest BCUT2D eigenvalue weighted by Gasteiger charge is 2.26. The number of nitrogens with one attached hydrogen (secondary N) is 1.